The first kappa shape index (κ1) is 20.7. The smallest absolute Gasteiger partial charge is 0.360 e. The summed E-state index contributed by atoms with van der Waals surface area (Å²) in [5, 5.41) is 3.65. The summed E-state index contributed by atoms with van der Waals surface area (Å²) in [6.07, 6.45) is -4.86. The summed E-state index contributed by atoms with van der Waals surface area (Å²) in [5.41, 5.74) is 0.271. The van der Waals surface area contributed by atoms with Gasteiger partial charge in [-0.15, -0.1) is 0 Å². The van der Waals surface area contributed by atoms with Crippen LogP contribution in [0.5, 0.6) is 0 Å². The molecule has 0 spiro atoms. The Balaban J connectivity index is 1.97. The Morgan fingerprint density at radius 1 is 1.31 bits per heavy atom. The molecule has 148 valence electrons. The molecule has 1 fully saturated rings. The average molecular weight is 397 g/mol. The lowest BCUT2D eigenvalue weighted by molar-refractivity contribution is -0.146. The van der Waals surface area contributed by atoms with E-state index in [1.165, 1.54) is 25.2 Å². The largest absolute Gasteiger partial charge is 0.390 e. The Bertz CT molecular complexity index is 733. The number of aryl methyl sites for hydroxylation is 2. The van der Waals surface area contributed by atoms with E-state index in [1.54, 1.807) is 0 Å². The molecule has 1 saturated heterocycles. The van der Waals surface area contributed by atoms with Crippen molar-refractivity contribution < 1.29 is 30.9 Å². The fraction of sp³-hybridized carbons (Fsp3) is 0.733. The highest BCUT2D eigenvalue weighted by atomic mass is 32.2. The Labute approximate surface area is 150 Å². The van der Waals surface area contributed by atoms with Gasteiger partial charge in [-0.2, -0.15) is 17.5 Å². The molecule has 7 nitrogen and oxygen atoms in total. The van der Waals surface area contributed by atoms with E-state index in [9.17, 15) is 26.4 Å². The fourth-order valence-corrected chi connectivity index (χ4v) is 4.79. The standard InChI is InChI=1S/C15H22F3N3O4S/c1-10-13(11(2)25-19-10)26(23,24)21-7-4-12(5-8-21)14(22)20(3)9-6-15(16,17)18/h12H,4-9H2,1-3H3. The summed E-state index contributed by atoms with van der Waals surface area (Å²) in [4.78, 5) is 13.4. The number of halogens is 3. The van der Waals surface area contributed by atoms with Crippen LogP contribution in [0.3, 0.4) is 0 Å². The second-order valence-corrected chi connectivity index (χ2v) is 8.33. The molecular weight excluding hydrogens is 375 g/mol. The highest BCUT2D eigenvalue weighted by molar-refractivity contribution is 7.89. The van der Waals surface area contributed by atoms with E-state index in [-0.39, 0.29) is 48.2 Å². The van der Waals surface area contributed by atoms with E-state index >= 15 is 0 Å². The zero-order chi connectivity index (χ0) is 19.7. The predicted octanol–water partition coefficient (Wildman–Crippen LogP) is 2.10. The summed E-state index contributed by atoms with van der Waals surface area (Å²) in [7, 11) is -2.44. The van der Waals surface area contributed by atoms with Crippen LogP contribution < -0.4 is 0 Å². The van der Waals surface area contributed by atoms with Crippen molar-refractivity contribution >= 4 is 15.9 Å². The minimum absolute atomic E-state index is 0.0320. The number of amides is 1. The van der Waals surface area contributed by atoms with Crippen LogP contribution in [-0.2, 0) is 14.8 Å². The van der Waals surface area contributed by atoms with Gasteiger partial charge in [0.25, 0.3) is 0 Å². The number of piperidine rings is 1. The second kappa shape index (κ2) is 7.55. The van der Waals surface area contributed by atoms with Crippen molar-refractivity contribution in [1.29, 1.82) is 0 Å². The van der Waals surface area contributed by atoms with Crippen molar-refractivity contribution in [2.45, 2.75) is 44.2 Å². The van der Waals surface area contributed by atoms with Crippen LogP contribution in [0.2, 0.25) is 0 Å². The number of carbonyl (C=O) groups excluding carboxylic acids is 1. The first-order valence-electron chi connectivity index (χ1n) is 8.18. The highest BCUT2D eigenvalue weighted by Gasteiger charge is 2.36. The number of rotatable bonds is 5. The van der Waals surface area contributed by atoms with E-state index < -0.39 is 35.1 Å². The fourth-order valence-electron chi connectivity index (χ4n) is 3.03. The first-order valence-corrected chi connectivity index (χ1v) is 9.62. The molecule has 0 aromatic carbocycles. The van der Waals surface area contributed by atoms with E-state index in [0.717, 1.165) is 4.90 Å². The quantitative estimate of drug-likeness (QED) is 0.760. The Kier molecular flexibility index (Phi) is 6.01. The molecule has 1 aliphatic rings. The van der Waals surface area contributed by atoms with Crippen LogP contribution in [0, 0.1) is 19.8 Å². The summed E-state index contributed by atoms with van der Waals surface area (Å²) < 4.78 is 68.4. The topological polar surface area (TPSA) is 83.7 Å². The third-order valence-electron chi connectivity index (χ3n) is 4.48. The number of hydrogen-bond acceptors (Lipinski definition) is 5. The summed E-state index contributed by atoms with van der Waals surface area (Å²) in [6.45, 7) is 2.89. The minimum Gasteiger partial charge on any atom is -0.360 e. The second-order valence-electron chi connectivity index (χ2n) is 6.46. The van der Waals surface area contributed by atoms with Gasteiger partial charge in [0.2, 0.25) is 15.9 Å². The maximum atomic E-state index is 12.7. The zero-order valence-corrected chi connectivity index (χ0v) is 15.7. The maximum absolute atomic E-state index is 12.7. The van der Waals surface area contributed by atoms with Crippen molar-refractivity contribution in [3.05, 3.63) is 11.5 Å². The van der Waals surface area contributed by atoms with Crippen molar-refractivity contribution in [3.63, 3.8) is 0 Å². The molecule has 26 heavy (non-hydrogen) atoms. The zero-order valence-electron chi connectivity index (χ0n) is 14.8. The monoisotopic (exact) mass is 397 g/mol. The van der Waals surface area contributed by atoms with Crippen LogP contribution in [0.4, 0.5) is 13.2 Å². The highest BCUT2D eigenvalue weighted by Crippen LogP contribution is 2.28. The molecule has 0 saturated carbocycles. The molecule has 11 heteroatoms. The maximum Gasteiger partial charge on any atom is 0.390 e. The van der Waals surface area contributed by atoms with E-state index in [4.69, 9.17) is 4.52 Å². The number of alkyl halides is 3. The van der Waals surface area contributed by atoms with Crippen molar-refractivity contribution in [3.8, 4) is 0 Å². The number of aromatic nitrogens is 1. The molecule has 2 rings (SSSR count). The van der Waals surface area contributed by atoms with Gasteiger partial charge in [-0.3, -0.25) is 4.79 Å². The molecule has 0 aliphatic carbocycles. The molecule has 0 bridgehead atoms. The molecule has 1 aliphatic heterocycles. The van der Waals surface area contributed by atoms with Gasteiger partial charge >= 0.3 is 6.18 Å². The van der Waals surface area contributed by atoms with Gasteiger partial charge in [0, 0.05) is 32.6 Å². The van der Waals surface area contributed by atoms with Gasteiger partial charge in [0.1, 0.15) is 10.6 Å². The molecule has 2 heterocycles. The van der Waals surface area contributed by atoms with E-state index in [2.05, 4.69) is 5.16 Å². The molecule has 0 N–H and O–H groups in total. The summed E-state index contributed by atoms with van der Waals surface area (Å²) >= 11 is 0. The van der Waals surface area contributed by atoms with Crippen molar-refractivity contribution in [2.75, 3.05) is 26.7 Å². The van der Waals surface area contributed by atoms with Crippen LogP contribution in [0.1, 0.15) is 30.7 Å². The molecule has 0 unspecified atom stereocenters. The third-order valence-corrected chi connectivity index (χ3v) is 6.62. The van der Waals surface area contributed by atoms with Crippen molar-refractivity contribution in [2.24, 2.45) is 5.92 Å². The first-order chi connectivity index (χ1) is 11.9. The van der Waals surface area contributed by atoms with Crippen LogP contribution >= 0.6 is 0 Å². The summed E-state index contributed by atoms with van der Waals surface area (Å²) in [5.74, 6) is -0.666. The van der Waals surface area contributed by atoms with Gasteiger partial charge in [-0.25, -0.2) is 8.42 Å². The Hall–Kier alpha value is -1.62. The number of nitrogens with zero attached hydrogens (tertiary/aromatic N) is 3. The van der Waals surface area contributed by atoms with Crippen LogP contribution in [-0.4, -0.2) is 61.5 Å². The Morgan fingerprint density at radius 3 is 2.35 bits per heavy atom. The lowest BCUT2D eigenvalue weighted by Gasteiger charge is -2.32. The predicted molar refractivity (Wildman–Crippen MR) is 85.8 cm³/mol. The van der Waals surface area contributed by atoms with Crippen molar-refractivity contribution in [1.82, 2.24) is 14.4 Å². The third kappa shape index (κ3) is 4.56. The van der Waals surface area contributed by atoms with Gasteiger partial charge in [0.05, 0.1) is 6.42 Å². The van der Waals surface area contributed by atoms with Crippen LogP contribution in [0.25, 0.3) is 0 Å². The molecule has 1 aromatic heterocycles. The van der Waals surface area contributed by atoms with Gasteiger partial charge < -0.3 is 9.42 Å². The Morgan fingerprint density at radius 2 is 1.88 bits per heavy atom. The molecule has 0 radical (unpaired) electrons. The summed E-state index contributed by atoms with van der Waals surface area (Å²) in [6, 6.07) is 0. The average Bonchev–Trinajstić information content (AvgIpc) is 2.90. The number of hydrogen-bond donors (Lipinski definition) is 0. The number of carbonyl (C=O) groups is 1. The molecule has 0 atom stereocenters. The lowest BCUT2D eigenvalue weighted by atomic mass is 9.96. The molecular formula is C15H22F3N3O4S. The SMILES string of the molecule is Cc1noc(C)c1S(=O)(=O)N1CCC(C(=O)N(C)CCC(F)(F)F)CC1. The van der Waals surface area contributed by atoms with Gasteiger partial charge in [-0.05, 0) is 26.7 Å². The van der Waals surface area contributed by atoms with Gasteiger partial charge in [0.15, 0.2) is 5.76 Å². The van der Waals surface area contributed by atoms with Gasteiger partial charge in [-0.1, -0.05) is 5.16 Å². The van der Waals surface area contributed by atoms with Crippen LogP contribution in [0.15, 0.2) is 9.42 Å². The lowest BCUT2D eigenvalue weighted by Crippen LogP contribution is -2.44. The van der Waals surface area contributed by atoms with E-state index in [0.29, 0.717) is 0 Å². The normalized spacial score (nSPS) is 17.5. The molecule has 1 amide bonds. The number of sulfonamides is 1. The molecule has 1 aromatic rings. The minimum atomic E-state index is -4.32. The van der Waals surface area contributed by atoms with E-state index in [1.807, 2.05) is 0 Å².